The van der Waals surface area contributed by atoms with Crippen LogP contribution in [0.3, 0.4) is 0 Å². The number of hydrogen-bond acceptors (Lipinski definition) is 4. The van der Waals surface area contributed by atoms with Crippen LogP contribution < -0.4 is 5.56 Å². The van der Waals surface area contributed by atoms with Crippen LogP contribution >= 0.6 is 11.8 Å². The van der Waals surface area contributed by atoms with Crippen LogP contribution in [0.25, 0.3) is 0 Å². The fourth-order valence-corrected chi connectivity index (χ4v) is 5.27. The topological polar surface area (TPSA) is 47.8 Å². The molecule has 0 bridgehead atoms. The Kier molecular flexibility index (Phi) is 10.4. The van der Waals surface area contributed by atoms with Gasteiger partial charge in [0.15, 0.2) is 5.16 Å². The lowest BCUT2D eigenvalue weighted by Gasteiger charge is -2.14. The molecule has 0 fully saturated rings. The maximum absolute atomic E-state index is 12.8. The van der Waals surface area contributed by atoms with E-state index in [1.165, 1.54) is 49.7 Å². The third-order valence-electron chi connectivity index (χ3n) is 6.31. The summed E-state index contributed by atoms with van der Waals surface area (Å²) in [6, 6.07) is 25.0. The third kappa shape index (κ3) is 8.49. The molecule has 0 unspecified atom stereocenters. The molecule has 2 aromatic carbocycles. The maximum atomic E-state index is 12.8. The average Bonchev–Trinajstić information content (AvgIpc) is 2.92. The number of unbranched alkanes of at least 4 members (excludes halogenated alkanes) is 5. The first-order chi connectivity index (χ1) is 17.8. The summed E-state index contributed by atoms with van der Waals surface area (Å²) in [7, 11) is 0. The van der Waals surface area contributed by atoms with E-state index in [0.717, 1.165) is 35.0 Å². The van der Waals surface area contributed by atoms with E-state index >= 15 is 0 Å². The highest BCUT2D eigenvalue weighted by Crippen LogP contribution is 2.21. The highest BCUT2D eigenvalue weighted by atomic mass is 32.2. The van der Waals surface area contributed by atoms with Gasteiger partial charge in [-0.2, -0.15) is 4.98 Å². The second-order valence-corrected chi connectivity index (χ2v) is 10.2. The Morgan fingerprint density at radius 1 is 0.722 bits per heavy atom. The molecule has 2 aromatic heterocycles. The van der Waals surface area contributed by atoms with Gasteiger partial charge in [-0.1, -0.05) is 104 Å². The average molecular weight is 498 g/mol. The minimum atomic E-state index is -0.135. The van der Waals surface area contributed by atoms with Gasteiger partial charge in [-0.05, 0) is 42.0 Å². The first-order valence-corrected chi connectivity index (χ1v) is 14.0. The van der Waals surface area contributed by atoms with Gasteiger partial charge >= 0.3 is 0 Å². The molecule has 186 valence electrons. The summed E-state index contributed by atoms with van der Waals surface area (Å²) in [6.45, 7) is 0.883. The molecule has 0 aliphatic rings. The van der Waals surface area contributed by atoms with E-state index in [4.69, 9.17) is 0 Å². The Balaban J connectivity index is 1.31. The van der Waals surface area contributed by atoms with Crippen molar-refractivity contribution < 1.29 is 0 Å². The first-order valence-electron chi connectivity index (χ1n) is 13.0. The van der Waals surface area contributed by atoms with Gasteiger partial charge in [-0.25, -0.2) is 0 Å². The zero-order valence-electron chi connectivity index (χ0n) is 20.9. The molecule has 0 N–H and O–H groups in total. The van der Waals surface area contributed by atoms with Crippen molar-refractivity contribution in [2.45, 2.75) is 68.8 Å². The number of benzene rings is 2. The molecule has 0 aliphatic carbocycles. The number of thioether (sulfide) groups is 1. The van der Waals surface area contributed by atoms with Crippen molar-refractivity contribution in [2.75, 3.05) is 0 Å². The van der Waals surface area contributed by atoms with Crippen LogP contribution in [-0.4, -0.2) is 14.5 Å². The minimum absolute atomic E-state index is 0.135. The van der Waals surface area contributed by atoms with Crippen LogP contribution in [0, 0.1) is 0 Å². The minimum Gasteiger partial charge on any atom is -0.327 e. The van der Waals surface area contributed by atoms with Crippen LogP contribution in [0.2, 0.25) is 0 Å². The Bertz CT molecular complexity index is 1230. The third-order valence-corrected chi connectivity index (χ3v) is 7.38. The van der Waals surface area contributed by atoms with Gasteiger partial charge in [-0.15, -0.1) is 0 Å². The Labute approximate surface area is 218 Å². The lowest BCUT2D eigenvalue weighted by atomic mass is 10.0. The summed E-state index contributed by atoms with van der Waals surface area (Å²) in [4.78, 5) is 21.5. The van der Waals surface area contributed by atoms with Gasteiger partial charge in [-0.3, -0.25) is 9.78 Å². The summed E-state index contributed by atoms with van der Waals surface area (Å²) in [5.74, 6) is 0.802. The largest absolute Gasteiger partial charge is 0.327 e. The van der Waals surface area contributed by atoms with Crippen LogP contribution in [0.15, 0.2) is 101 Å². The van der Waals surface area contributed by atoms with Gasteiger partial charge in [0, 0.05) is 42.9 Å². The highest BCUT2D eigenvalue weighted by Gasteiger charge is 2.11. The number of aryl methyl sites for hydroxylation is 2. The molecule has 4 rings (SSSR count). The highest BCUT2D eigenvalue weighted by molar-refractivity contribution is 7.98. The lowest BCUT2D eigenvalue weighted by molar-refractivity contribution is 0.518. The molecular formula is C31H35N3OS. The summed E-state index contributed by atoms with van der Waals surface area (Å²) in [6.07, 6.45) is 14.7. The molecule has 0 atom stereocenters. The first kappa shape index (κ1) is 25.9. The fraction of sp³-hybridized carbons (Fsp3) is 0.323. The van der Waals surface area contributed by atoms with E-state index < -0.39 is 0 Å². The molecule has 0 saturated heterocycles. The molecule has 0 radical (unpaired) electrons. The molecule has 4 nitrogen and oxygen atoms in total. The van der Waals surface area contributed by atoms with Gasteiger partial charge in [0.25, 0.3) is 5.56 Å². The molecule has 0 amide bonds. The SMILES string of the molecule is O=c1nc(SCc2ccccc2)n(CCCCCCCCc2ccccc2)cc1Cc1cccnc1. The van der Waals surface area contributed by atoms with Crippen LogP contribution in [0.5, 0.6) is 0 Å². The van der Waals surface area contributed by atoms with Crippen molar-refractivity contribution in [2.24, 2.45) is 0 Å². The molecule has 0 aliphatic heterocycles. The zero-order valence-corrected chi connectivity index (χ0v) is 21.7. The number of rotatable bonds is 14. The standard InChI is InChI=1S/C31H35N3OS/c35-30-29(22-28-19-13-20-32-23-28)24-34(31(33-30)36-25-27-17-10-6-11-18-27)21-12-4-2-1-3-7-14-26-15-8-5-9-16-26/h5-6,8-11,13,15-20,23-24H,1-4,7,12,14,21-22,25H2. The molecule has 0 saturated carbocycles. The monoisotopic (exact) mass is 497 g/mol. The summed E-state index contributed by atoms with van der Waals surface area (Å²) < 4.78 is 2.19. The van der Waals surface area contributed by atoms with Gasteiger partial charge in [0.2, 0.25) is 0 Å². The Morgan fingerprint density at radius 2 is 1.39 bits per heavy atom. The lowest BCUT2D eigenvalue weighted by Crippen LogP contribution is -2.20. The van der Waals surface area contributed by atoms with Crippen molar-refractivity contribution >= 4 is 11.8 Å². The quantitative estimate of drug-likeness (QED) is 0.106. The van der Waals surface area contributed by atoms with Crippen molar-refractivity contribution in [1.82, 2.24) is 14.5 Å². The van der Waals surface area contributed by atoms with Crippen molar-refractivity contribution in [1.29, 1.82) is 0 Å². The van der Waals surface area contributed by atoms with Gasteiger partial charge in [0.1, 0.15) is 0 Å². The number of hydrogen-bond donors (Lipinski definition) is 0. The summed E-state index contributed by atoms with van der Waals surface area (Å²) in [5.41, 5.74) is 4.30. The van der Waals surface area contributed by atoms with Crippen molar-refractivity contribution in [3.8, 4) is 0 Å². The van der Waals surface area contributed by atoms with E-state index in [-0.39, 0.29) is 5.56 Å². The molecular weight excluding hydrogens is 462 g/mol. The maximum Gasteiger partial charge on any atom is 0.277 e. The van der Waals surface area contributed by atoms with E-state index in [0.29, 0.717) is 6.42 Å². The van der Waals surface area contributed by atoms with Crippen molar-refractivity contribution in [3.05, 3.63) is 124 Å². The number of pyridine rings is 1. The second-order valence-electron chi connectivity index (χ2n) is 9.22. The molecule has 4 aromatic rings. The van der Waals surface area contributed by atoms with Crippen LogP contribution in [0.4, 0.5) is 0 Å². The van der Waals surface area contributed by atoms with Gasteiger partial charge in [0.05, 0.1) is 0 Å². The predicted octanol–water partition coefficient (Wildman–Crippen LogP) is 7.10. The zero-order chi connectivity index (χ0) is 24.8. The molecule has 5 heteroatoms. The summed E-state index contributed by atoms with van der Waals surface area (Å²) >= 11 is 1.64. The fourth-order valence-electron chi connectivity index (χ4n) is 4.33. The number of aromatic nitrogens is 3. The summed E-state index contributed by atoms with van der Waals surface area (Å²) in [5, 5.41) is 0.807. The van der Waals surface area contributed by atoms with Gasteiger partial charge < -0.3 is 4.57 Å². The number of nitrogens with zero attached hydrogens (tertiary/aromatic N) is 3. The smallest absolute Gasteiger partial charge is 0.277 e. The second kappa shape index (κ2) is 14.4. The van der Waals surface area contributed by atoms with Crippen LogP contribution in [0.1, 0.15) is 60.8 Å². The Hall–Kier alpha value is -3.18. The van der Waals surface area contributed by atoms with Crippen molar-refractivity contribution in [3.63, 3.8) is 0 Å². The molecule has 2 heterocycles. The van der Waals surface area contributed by atoms with E-state index in [9.17, 15) is 4.79 Å². The van der Waals surface area contributed by atoms with E-state index in [1.54, 1.807) is 18.0 Å². The Morgan fingerprint density at radius 3 is 2.11 bits per heavy atom. The van der Waals surface area contributed by atoms with E-state index in [2.05, 4.69) is 57.0 Å². The molecule has 36 heavy (non-hydrogen) atoms. The molecule has 0 spiro atoms. The predicted molar refractivity (Wildman–Crippen MR) is 149 cm³/mol. The van der Waals surface area contributed by atoms with Crippen LogP contribution in [-0.2, 0) is 25.1 Å². The normalized spacial score (nSPS) is 11.0. The van der Waals surface area contributed by atoms with E-state index in [1.807, 2.05) is 42.7 Å².